The molecular weight excluding hydrogens is 188 g/mol. The average Bonchev–Trinajstić information content (AvgIpc) is 2.89. The van der Waals surface area contributed by atoms with E-state index >= 15 is 0 Å². The molecule has 0 saturated heterocycles. The third-order valence-corrected chi connectivity index (χ3v) is 2.75. The van der Waals surface area contributed by atoms with Gasteiger partial charge in [0.15, 0.2) is 0 Å². The van der Waals surface area contributed by atoms with Gasteiger partial charge in [-0.1, -0.05) is 6.92 Å². The number of hydrogen-bond acceptors (Lipinski definition) is 1. The minimum absolute atomic E-state index is 0.113. The van der Waals surface area contributed by atoms with Gasteiger partial charge in [-0.15, -0.1) is 11.8 Å². The molecule has 84 valence electrons. The van der Waals surface area contributed by atoms with E-state index < -0.39 is 0 Å². The van der Waals surface area contributed by atoms with Crippen molar-refractivity contribution in [3.63, 3.8) is 0 Å². The van der Waals surface area contributed by atoms with Crippen molar-refractivity contribution < 1.29 is 4.79 Å². The molecule has 0 aromatic heterocycles. The molecule has 0 spiro atoms. The highest BCUT2D eigenvalue weighted by Gasteiger charge is 2.40. The van der Waals surface area contributed by atoms with E-state index in [-0.39, 0.29) is 6.03 Å². The molecule has 1 aliphatic carbocycles. The highest BCUT2D eigenvalue weighted by atomic mass is 16.2. The molecular formula is C12H20N2O. The Labute approximate surface area is 92.4 Å². The predicted octanol–water partition coefficient (Wildman–Crippen LogP) is 1.79. The number of carbonyl (C=O) groups is 1. The molecule has 3 heteroatoms. The van der Waals surface area contributed by atoms with Gasteiger partial charge in [0.25, 0.3) is 0 Å². The van der Waals surface area contributed by atoms with Gasteiger partial charge >= 0.3 is 6.03 Å². The van der Waals surface area contributed by atoms with Crippen molar-refractivity contribution in [3.05, 3.63) is 0 Å². The van der Waals surface area contributed by atoms with E-state index in [9.17, 15) is 4.79 Å². The first kappa shape index (κ1) is 11.9. The van der Waals surface area contributed by atoms with Gasteiger partial charge in [-0.2, -0.15) is 0 Å². The Morgan fingerprint density at radius 1 is 1.47 bits per heavy atom. The fourth-order valence-electron chi connectivity index (χ4n) is 1.70. The fourth-order valence-corrected chi connectivity index (χ4v) is 1.70. The van der Waals surface area contributed by atoms with E-state index in [0.717, 1.165) is 19.4 Å². The minimum Gasteiger partial charge on any atom is -0.331 e. The molecule has 1 rings (SSSR count). The third kappa shape index (κ3) is 3.16. The van der Waals surface area contributed by atoms with Crippen LogP contribution in [-0.4, -0.2) is 42.5 Å². The normalized spacial score (nSPS) is 22.7. The maximum absolute atomic E-state index is 11.9. The molecule has 0 aliphatic heterocycles. The molecule has 2 amide bonds. The molecule has 0 aromatic carbocycles. The predicted molar refractivity (Wildman–Crippen MR) is 61.4 cm³/mol. The zero-order chi connectivity index (χ0) is 11.4. The first-order valence-corrected chi connectivity index (χ1v) is 5.45. The van der Waals surface area contributed by atoms with Gasteiger partial charge in [-0.3, -0.25) is 0 Å². The van der Waals surface area contributed by atoms with E-state index in [0.29, 0.717) is 12.0 Å². The first-order valence-electron chi connectivity index (χ1n) is 5.45. The molecule has 15 heavy (non-hydrogen) atoms. The van der Waals surface area contributed by atoms with Gasteiger partial charge in [-0.25, -0.2) is 4.79 Å². The monoisotopic (exact) mass is 208 g/mol. The van der Waals surface area contributed by atoms with E-state index in [1.54, 1.807) is 19.0 Å². The Morgan fingerprint density at radius 3 is 2.47 bits per heavy atom. The number of carbonyl (C=O) groups excluding carboxylic acids is 1. The van der Waals surface area contributed by atoms with Gasteiger partial charge in [0.1, 0.15) is 0 Å². The van der Waals surface area contributed by atoms with Gasteiger partial charge in [0.2, 0.25) is 0 Å². The van der Waals surface area contributed by atoms with Crippen LogP contribution >= 0.6 is 0 Å². The number of rotatable bonds is 3. The Balaban J connectivity index is 2.52. The van der Waals surface area contributed by atoms with Crippen LogP contribution in [0.15, 0.2) is 0 Å². The number of nitrogens with zero attached hydrogens (tertiary/aromatic N) is 2. The summed E-state index contributed by atoms with van der Waals surface area (Å²) in [6.07, 6.45) is 1.92. The second kappa shape index (κ2) is 5.06. The molecule has 0 radical (unpaired) electrons. The second-order valence-electron chi connectivity index (χ2n) is 4.33. The van der Waals surface area contributed by atoms with Gasteiger partial charge in [0.05, 0.1) is 0 Å². The first-order chi connectivity index (χ1) is 7.07. The molecule has 3 nitrogen and oxygen atoms in total. The highest BCUT2D eigenvalue weighted by molar-refractivity contribution is 5.74. The third-order valence-electron chi connectivity index (χ3n) is 2.75. The molecule has 1 saturated carbocycles. The maximum Gasteiger partial charge on any atom is 0.319 e. The van der Waals surface area contributed by atoms with Crippen molar-refractivity contribution in [2.45, 2.75) is 32.7 Å². The minimum atomic E-state index is 0.113. The average molecular weight is 208 g/mol. The Morgan fingerprint density at radius 2 is 2.07 bits per heavy atom. The lowest BCUT2D eigenvalue weighted by Gasteiger charge is -2.25. The summed E-state index contributed by atoms with van der Waals surface area (Å²) in [4.78, 5) is 15.5. The van der Waals surface area contributed by atoms with E-state index in [4.69, 9.17) is 0 Å². The summed E-state index contributed by atoms with van der Waals surface area (Å²) in [6, 6.07) is 0.556. The summed E-state index contributed by atoms with van der Waals surface area (Å²) >= 11 is 0. The Bertz CT molecular complexity index is 288. The van der Waals surface area contributed by atoms with Crippen LogP contribution < -0.4 is 0 Å². The summed E-state index contributed by atoms with van der Waals surface area (Å²) in [5.74, 6) is 6.52. The quantitative estimate of drug-likeness (QED) is 0.649. The van der Waals surface area contributed by atoms with E-state index in [1.165, 1.54) is 0 Å². The molecule has 2 atom stereocenters. The van der Waals surface area contributed by atoms with Gasteiger partial charge in [0, 0.05) is 33.1 Å². The number of urea groups is 1. The summed E-state index contributed by atoms with van der Waals surface area (Å²) < 4.78 is 0. The lowest BCUT2D eigenvalue weighted by atomic mass is 10.3. The van der Waals surface area contributed by atoms with Crippen LogP contribution in [0, 0.1) is 17.8 Å². The van der Waals surface area contributed by atoms with Gasteiger partial charge < -0.3 is 9.80 Å². The lowest BCUT2D eigenvalue weighted by Crippen LogP contribution is -2.41. The van der Waals surface area contributed by atoms with Crippen LogP contribution in [-0.2, 0) is 0 Å². The smallest absolute Gasteiger partial charge is 0.319 e. The zero-order valence-electron chi connectivity index (χ0n) is 10.1. The van der Waals surface area contributed by atoms with Crippen LogP contribution in [0.4, 0.5) is 4.79 Å². The molecule has 0 heterocycles. The van der Waals surface area contributed by atoms with E-state index in [1.807, 2.05) is 11.8 Å². The van der Waals surface area contributed by atoms with Crippen molar-refractivity contribution in [1.82, 2.24) is 9.80 Å². The van der Waals surface area contributed by atoms with Crippen LogP contribution in [0.1, 0.15) is 26.7 Å². The molecule has 0 bridgehead atoms. The molecule has 0 N–H and O–H groups in total. The number of amides is 2. The second-order valence-corrected chi connectivity index (χ2v) is 4.33. The Kier molecular flexibility index (Phi) is 4.02. The van der Waals surface area contributed by atoms with E-state index in [2.05, 4.69) is 18.8 Å². The molecule has 1 aliphatic rings. The van der Waals surface area contributed by atoms with Crippen molar-refractivity contribution in [2.24, 2.45) is 5.92 Å². The van der Waals surface area contributed by atoms with Crippen molar-refractivity contribution in [3.8, 4) is 11.8 Å². The van der Waals surface area contributed by atoms with Crippen LogP contribution in [0.5, 0.6) is 0 Å². The van der Waals surface area contributed by atoms with Crippen molar-refractivity contribution in [1.29, 1.82) is 0 Å². The zero-order valence-corrected chi connectivity index (χ0v) is 10.1. The molecule has 0 aromatic rings. The summed E-state index contributed by atoms with van der Waals surface area (Å²) in [5.41, 5.74) is 0. The number of hydrogen-bond donors (Lipinski definition) is 0. The van der Waals surface area contributed by atoms with Crippen molar-refractivity contribution >= 4 is 6.03 Å². The van der Waals surface area contributed by atoms with Crippen LogP contribution in [0.3, 0.4) is 0 Å². The van der Waals surface area contributed by atoms with Crippen LogP contribution in [0.2, 0.25) is 0 Å². The highest BCUT2D eigenvalue weighted by Crippen LogP contribution is 2.35. The summed E-state index contributed by atoms with van der Waals surface area (Å²) in [5, 5.41) is 0. The standard InChI is InChI=1S/C12H20N2O/c1-5-6-7-8-14(11-9-10(11)2)12(15)13(3)4/h10-11H,7-9H2,1-4H3/t10-,11-/m1/s1. The lowest BCUT2D eigenvalue weighted by molar-refractivity contribution is 0.167. The topological polar surface area (TPSA) is 23.6 Å². The molecule has 0 unspecified atom stereocenters. The van der Waals surface area contributed by atoms with Gasteiger partial charge in [-0.05, 0) is 19.3 Å². The molecule has 1 fully saturated rings. The maximum atomic E-state index is 11.9. The SMILES string of the molecule is CC#CCCN(C(=O)N(C)C)[C@@H]1C[C@H]1C. The fraction of sp³-hybridized carbons (Fsp3) is 0.750. The summed E-state index contributed by atoms with van der Waals surface area (Å²) in [6.45, 7) is 4.77. The Hall–Kier alpha value is -1.17. The van der Waals surface area contributed by atoms with Crippen LogP contribution in [0.25, 0.3) is 0 Å². The summed E-state index contributed by atoms with van der Waals surface area (Å²) in [7, 11) is 3.60. The largest absolute Gasteiger partial charge is 0.331 e. The van der Waals surface area contributed by atoms with Crippen molar-refractivity contribution in [2.75, 3.05) is 20.6 Å².